The van der Waals surface area contributed by atoms with Crippen LogP contribution in [0.1, 0.15) is 17.2 Å². The Morgan fingerprint density at radius 3 is 2.43 bits per heavy atom. The molecule has 1 aliphatic rings. The van der Waals surface area contributed by atoms with Gasteiger partial charge in [0.1, 0.15) is 5.75 Å². The van der Waals surface area contributed by atoms with Crippen molar-refractivity contribution in [2.75, 3.05) is 39.2 Å². The number of amides is 1. The molecule has 1 amide bonds. The Bertz CT molecular complexity index is 876. The lowest BCUT2D eigenvalue weighted by atomic mass is 9.93. The van der Waals surface area contributed by atoms with Crippen LogP contribution < -0.4 is 9.64 Å². The van der Waals surface area contributed by atoms with Crippen molar-refractivity contribution in [3.05, 3.63) is 54.1 Å². The molecule has 1 aliphatic heterocycles. The second kappa shape index (κ2) is 10.7. The molecule has 162 valence electrons. The molecule has 0 aliphatic carbocycles. The fourth-order valence-corrected chi connectivity index (χ4v) is 4.85. The third-order valence-electron chi connectivity index (χ3n) is 4.97. The van der Waals surface area contributed by atoms with Crippen molar-refractivity contribution in [2.45, 2.75) is 16.6 Å². The summed E-state index contributed by atoms with van der Waals surface area (Å²) in [5.74, 6) is -1.06. The SMILES string of the molecule is COc1ccc([C@H]2Sc3ccccc3N(CCN(C)C)C(=O)[C@@H]2CC(=O)O)cc1.Cl. The Morgan fingerprint density at radius 1 is 1.17 bits per heavy atom. The zero-order chi connectivity index (χ0) is 21.0. The molecule has 2 aromatic rings. The lowest BCUT2D eigenvalue weighted by Gasteiger charge is -2.28. The number of carboxylic acids is 1. The number of nitrogens with zero attached hydrogens (tertiary/aromatic N) is 2. The third-order valence-corrected chi connectivity index (χ3v) is 6.42. The first-order valence-electron chi connectivity index (χ1n) is 9.48. The lowest BCUT2D eigenvalue weighted by Crippen LogP contribution is -2.41. The first-order valence-corrected chi connectivity index (χ1v) is 10.4. The van der Waals surface area contributed by atoms with E-state index in [0.29, 0.717) is 13.1 Å². The van der Waals surface area contributed by atoms with Gasteiger partial charge in [-0.3, -0.25) is 9.59 Å². The highest BCUT2D eigenvalue weighted by atomic mass is 35.5. The summed E-state index contributed by atoms with van der Waals surface area (Å²) in [5, 5.41) is 9.24. The van der Waals surface area contributed by atoms with Crippen LogP contribution in [0.2, 0.25) is 0 Å². The normalized spacial score (nSPS) is 18.4. The Hall–Kier alpha value is -2.22. The van der Waals surface area contributed by atoms with E-state index in [1.54, 1.807) is 23.8 Å². The van der Waals surface area contributed by atoms with Crippen LogP contribution in [-0.4, -0.2) is 56.2 Å². The number of aliphatic carboxylic acids is 1. The number of anilines is 1. The topological polar surface area (TPSA) is 70.1 Å². The third kappa shape index (κ3) is 5.47. The van der Waals surface area contributed by atoms with Gasteiger partial charge in [0.25, 0.3) is 0 Å². The van der Waals surface area contributed by atoms with E-state index >= 15 is 0 Å². The average molecular weight is 451 g/mol. The summed E-state index contributed by atoms with van der Waals surface area (Å²) >= 11 is 1.56. The van der Waals surface area contributed by atoms with Gasteiger partial charge in [-0.15, -0.1) is 24.2 Å². The number of thioether (sulfide) groups is 1. The van der Waals surface area contributed by atoms with E-state index in [2.05, 4.69) is 0 Å². The van der Waals surface area contributed by atoms with Crippen molar-refractivity contribution >= 4 is 41.7 Å². The molecule has 3 rings (SSSR count). The second-order valence-electron chi connectivity index (χ2n) is 7.28. The molecule has 0 saturated heterocycles. The van der Waals surface area contributed by atoms with Gasteiger partial charge in [-0.2, -0.15) is 0 Å². The van der Waals surface area contributed by atoms with Crippen molar-refractivity contribution in [2.24, 2.45) is 5.92 Å². The molecule has 30 heavy (non-hydrogen) atoms. The largest absolute Gasteiger partial charge is 0.497 e. The predicted molar refractivity (Wildman–Crippen MR) is 122 cm³/mol. The van der Waals surface area contributed by atoms with Crippen LogP contribution in [0.25, 0.3) is 0 Å². The highest BCUT2D eigenvalue weighted by molar-refractivity contribution is 7.99. The van der Waals surface area contributed by atoms with Gasteiger partial charge in [0.05, 0.1) is 25.1 Å². The van der Waals surface area contributed by atoms with Crippen molar-refractivity contribution in [1.82, 2.24) is 4.90 Å². The smallest absolute Gasteiger partial charge is 0.304 e. The molecule has 1 heterocycles. The van der Waals surface area contributed by atoms with Gasteiger partial charge in [-0.1, -0.05) is 24.3 Å². The fraction of sp³-hybridized carbons (Fsp3) is 0.364. The van der Waals surface area contributed by atoms with Crippen molar-refractivity contribution < 1.29 is 19.4 Å². The number of rotatable bonds is 7. The number of carbonyl (C=O) groups excluding carboxylic acids is 1. The molecular formula is C22H27ClN2O4S. The number of benzene rings is 2. The van der Waals surface area contributed by atoms with Crippen molar-refractivity contribution in [1.29, 1.82) is 0 Å². The average Bonchev–Trinajstić information content (AvgIpc) is 2.81. The first kappa shape index (κ1) is 24.1. The molecule has 0 unspecified atom stereocenters. The summed E-state index contributed by atoms with van der Waals surface area (Å²) in [6.07, 6.45) is -0.213. The number of carbonyl (C=O) groups is 2. The molecule has 0 fully saturated rings. The van der Waals surface area contributed by atoms with E-state index in [-0.39, 0.29) is 30.0 Å². The van der Waals surface area contributed by atoms with Crippen LogP contribution in [0.5, 0.6) is 5.75 Å². The number of fused-ring (bicyclic) bond motifs is 1. The minimum atomic E-state index is -0.971. The summed E-state index contributed by atoms with van der Waals surface area (Å²) in [4.78, 5) is 30.0. The molecule has 2 aromatic carbocycles. The first-order chi connectivity index (χ1) is 13.9. The fourth-order valence-electron chi connectivity index (χ4n) is 3.45. The van der Waals surface area contributed by atoms with Crippen LogP contribution >= 0.6 is 24.2 Å². The van der Waals surface area contributed by atoms with E-state index in [0.717, 1.165) is 21.9 Å². The zero-order valence-corrected chi connectivity index (χ0v) is 18.9. The minimum absolute atomic E-state index is 0. The lowest BCUT2D eigenvalue weighted by molar-refractivity contribution is -0.140. The van der Waals surface area contributed by atoms with Crippen molar-refractivity contribution in [3.8, 4) is 5.75 Å². The van der Waals surface area contributed by atoms with Crippen molar-refractivity contribution in [3.63, 3.8) is 0 Å². The number of para-hydroxylation sites is 1. The molecular weight excluding hydrogens is 424 g/mol. The van der Waals surface area contributed by atoms with Gasteiger partial charge in [0.2, 0.25) is 5.91 Å². The van der Waals surface area contributed by atoms with E-state index < -0.39 is 11.9 Å². The Balaban J connectivity index is 0.00000320. The predicted octanol–water partition coefficient (Wildman–Crippen LogP) is 3.95. The zero-order valence-electron chi connectivity index (χ0n) is 17.3. The summed E-state index contributed by atoms with van der Waals surface area (Å²) in [6.45, 7) is 1.20. The number of methoxy groups -OCH3 is 1. The second-order valence-corrected chi connectivity index (χ2v) is 8.46. The monoisotopic (exact) mass is 450 g/mol. The quantitative estimate of drug-likeness (QED) is 0.688. The Kier molecular flexibility index (Phi) is 8.58. The Morgan fingerprint density at radius 2 is 1.83 bits per heavy atom. The van der Waals surface area contributed by atoms with E-state index in [1.807, 2.05) is 67.5 Å². The van der Waals surface area contributed by atoms with Gasteiger partial charge >= 0.3 is 5.97 Å². The highest BCUT2D eigenvalue weighted by Gasteiger charge is 2.39. The number of hydrogen-bond acceptors (Lipinski definition) is 5. The number of hydrogen-bond donors (Lipinski definition) is 1. The van der Waals surface area contributed by atoms with Gasteiger partial charge < -0.3 is 19.6 Å². The maximum atomic E-state index is 13.6. The summed E-state index contributed by atoms with van der Waals surface area (Å²) in [7, 11) is 5.51. The molecule has 0 spiro atoms. The van der Waals surface area contributed by atoms with Gasteiger partial charge in [-0.25, -0.2) is 0 Å². The number of carboxylic acid groups (broad SMARTS) is 1. The number of halogens is 1. The maximum absolute atomic E-state index is 13.6. The Labute approximate surface area is 187 Å². The molecule has 0 bridgehead atoms. The van der Waals surface area contributed by atoms with Gasteiger partial charge in [-0.05, 0) is 43.9 Å². The van der Waals surface area contributed by atoms with Gasteiger partial charge in [0.15, 0.2) is 0 Å². The van der Waals surface area contributed by atoms with Gasteiger partial charge in [0, 0.05) is 23.2 Å². The van der Waals surface area contributed by atoms with E-state index in [1.165, 1.54) is 0 Å². The molecule has 0 aromatic heterocycles. The molecule has 1 N–H and O–H groups in total. The standard InChI is InChI=1S/C22H26N2O4S.ClH/c1-23(2)12-13-24-18-6-4-5-7-19(18)29-21(17(22(24)27)14-20(25)26)15-8-10-16(28-3)11-9-15;/h4-11,17,21H,12-14H2,1-3H3,(H,25,26);1H/t17-,21-;/m1./s1. The summed E-state index contributed by atoms with van der Waals surface area (Å²) in [6, 6.07) is 15.3. The molecule has 2 atom stereocenters. The van der Waals surface area contributed by atoms with Crippen LogP contribution in [0.4, 0.5) is 5.69 Å². The summed E-state index contributed by atoms with van der Waals surface area (Å²) in [5.41, 5.74) is 1.76. The highest BCUT2D eigenvalue weighted by Crippen LogP contribution is 2.49. The van der Waals surface area contributed by atoms with E-state index in [9.17, 15) is 14.7 Å². The van der Waals surface area contributed by atoms with Crippen LogP contribution in [0.15, 0.2) is 53.4 Å². The number of likely N-dealkylation sites (N-methyl/N-ethyl adjacent to an activating group) is 1. The molecule has 8 heteroatoms. The maximum Gasteiger partial charge on any atom is 0.304 e. The molecule has 0 saturated carbocycles. The molecule has 0 radical (unpaired) electrons. The van der Waals surface area contributed by atoms with Crippen LogP contribution in [0, 0.1) is 5.92 Å². The molecule has 6 nitrogen and oxygen atoms in total. The number of ether oxygens (including phenoxy) is 1. The van der Waals surface area contributed by atoms with Crippen LogP contribution in [0.3, 0.4) is 0 Å². The summed E-state index contributed by atoms with van der Waals surface area (Å²) < 4.78 is 5.24. The minimum Gasteiger partial charge on any atom is -0.497 e. The van der Waals surface area contributed by atoms with Crippen LogP contribution in [-0.2, 0) is 9.59 Å². The van der Waals surface area contributed by atoms with E-state index in [4.69, 9.17) is 4.74 Å².